The van der Waals surface area contributed by atoms with Crippen LogP contribution in [-0.4, -0.2) is 19.7 Å². The number of ether oxygens (including phenoxy) is 2. The van der Waals surface area contributed by atoms with Gasteiger partial charge < -0.3 is 9.47 Å². The second-order valence-electron chi connectivity index (χ2n) is 8.16. The molecule has 3 heteroatoms. The predicted molar refractivity (Wildman–Crippen MR) is 123 cm³/mol. The van der Waals surface area contributed by atoms with E-state index in [1.54, 1.807) is 0 Å². The molecule has 29 heavy (non-hydrogen) atoms. The van der Waals surface area contributed by atoms with Crippen LogP contribution in [0.3, 0.4) is 0 Å². The van der Waals surface area contributed by atoms with Gasteiger partial charge in [0.15, 0.2) is 0 Å². The molecule has 0 N–H and O–H groups in total. The second kappa shape index (κ2) is 18.5. The second-order valence-corrected chi connectivity index (χ2v) is 8.16. The maximum atomic E-state index is 11.2. The molecule has 0 aromatic heterocycles. The maximum Gasteiger partial charge on any atom is 0.305 e. The summed E-state index contributed by atoms with van der Waals surface area (Å²) in [6.07, 6.45) is 20.4. The highest BCUT2D eigenvalue weighted by Gasteiger charge is 2.02. The Morgan fingerprint density at radius 1 is 0.724 bits per heavy atom. The van der Waals surface area contributed by atoms with Crippen LogP contribution in [-0.2, 0) is 16.0 Å². The summed E-state index contributed by atoms with van der Waals surface area (Å²) in [5, 5.41) is 0. The van der Waals surface area contributed by atoms with Gasteiger partial charge in [0, 0.05) is 6.42 Å². The van der Waals surface area contributed by atoms with E-state index in [1.807, 2.05) is 24.3 Å². The lowest BCUT2D eigenvalue weighted by molar-refractivity contribution is -0.140. The van der Waals surface area contributed by atoms with Gasteiger partial charge in [-0.2, -0.15) is 0 Å². The van der Waals surface area contributed by atoms with E-state index in [0.29, 0.717) is 12.8 Å². The number of aryl methyl sites for hydroxylation is 1. The van der Waals surface area contributed by atoms with Crippen molar-refractivity contribution in [2.45, 2.75) is 110 Å². The van der Waals surface area contributed by atoms with Crippen molar-refractivity contribution in [3.05, 3.63) is 29.8 Å². The van der Waals surface area contributed by atoms with E-state index in [4.69, 9.17) is 4.74 Å². The van der Waals surface area contributed by atoms with Gasteiger partial charge in [-0.3, -0.25) is 4.79 Å². The Kier molecular flexibility index (Phi) is 16.3. The molecule has 0 saturated heterocycles. The van der Waals surface area contributed by atoms with Crippen LogP contribution in [0, 0.1) is 0 Å². The van der Waals surface area contributed by atoms with E-state index in [-0.39, 0.29) is 5.97 Å². The number of carbonyl (C=O) groups is 1. The first kappa shape index (κ1) is 25.5. The van der Waals surface area contributed by atoms with E-state index < -0.39 is 0 Å². The summed E-state index contributed by atoms with van der Waals surface area (Å²) in [7, 11) is 1.43. The number of rotatable bonds is 19. The molecule has 0 bridgehead atoms. The molecule has 1 aromatic carbocycles. The lowest BCUT2D eigenvalue weighted by Crippen LogP contribution is -2.02. The van der Waals surface area contributed by atoms with Gasteiger partial charge in [0.25, 0.3) is 0 Å². The Morgan fingerprint density at radius 2 is 1.21 bits per heavy atom. The molecule has 0 aliphatic heterocycles. The number of carbonyl (C=O) groups excluding carboxylic acids is 1. The van der Waals surface area contributed by atoms with E-state index in [9.17, 15) is 4.79 Å². The molecule has 1 rings (SSSR count). The molecule has 0 heterocycles. The molecule has 0 radical (unpaired) electrons. The number of methoxy groups -OCH3 is 1. The third-order valence-electron chi connectivity index (χ3n) is 5.54. The summed E-state index contributed by atoms with van der Waals surface area (Å²) in [4.78, 5) is 11.2. The van der Waals surface area contributed by atoms with Gasteiger partial charge in [0.2, 0.25) is 0 Å². The van der Waals surface area contributed by atoms with Crippen LogP contribution in [0.2, 0.25) is 0 Å². The largest absolute Gasteiger partial charge is 0.494 e. The molecule has 0 atom stereocenters. The third kappa shape index (κ3) is 15.1. The Morgan fingerprint density at radius 3 is 1.69 bits per heavy atom. The third-order valence-corrected chi connectivity index (χ3v) is 5.54. The number of hydrogen-bond donors (Lipinski definition) is 0. The van der Waals surface area contributed by atoms with Gasteiger partial charge in [-0.25, -0.2) is 0 Å². The van der Waals surface area contributed by atoms with Crippen LogP contribution >= 0.6 is 0 Å². The standard InChI is InChI=1S/C26H44O3/c1-3-4-5-6-7-8-9-10-11-12-13-14-15-16-23-29-25-20-17-24(18-21-25)19-22-26(27)28-2/h17-18,20-21H,3-16,19,22-23H2,1-2H3. The van der Waals surface area contributed by atoms with Crippen LogP contribution in [0.5, 0.6) is 5.75 Å². The highest BCUT2D eigenvalue weighted by Crippen LogP contribution is 2.15. The van der Waals surface area contributed by atoms with Crippen LogP contribution in [0.1, 0.15) is 109 Å². The van der Waals surface area contributed by atoms with E-state index in [0.717, 1.165) is 24.3 Å². The van der Waals surface area contributed by atoms with Crippen molar-refractivity contribution in [3.63, 3.8) is 0 Å². The van der Waals surface area contributed by atoms with Crippen molar-refractivity contribution < 1.29 is 14.3 Å². The van der Waals surface area contributed by atoms with E-state index in [1.165, 1.54) is 90.6 Å². The first-order valence-corrected chi connectivity index (χ1v) is 12.0. The molecule has 1 aromatic rings. The van der Waals surface area contributed by atoms with Crippen LogP contribution in [0.15, 0.2) is 24.3 Å². The van der Waals surface area contributed by atoms with Crippen molar-refractivity contribution in [1.82, 2.24) is 0 Å². The molecule has 0 spiro atoms. The molecule has 166 valence electrons. The summed E-state index contributed by atoms with van der Waals surface area (Å²) in [6, 6.07) is 8.06. The smallest absolute Gasteiger partial charge is 0.305 e. The van der Waals surface area contributed by atoms with E-state index >= 15 is 0 Å². The summed E-state index contributed by atoms with van der Waals surface area (Å²) in [5.74, 6) is 0.754. The van der Waals surface area contributed by atoms with Crippen molar-refractivity contribution in [2.24, 2.45) is 0 Å². The fourth-order valence-corrected chi connectivity index (χ4v) is 3.59. The van der Waals surface area contributed by atoms with Crippen molar-refractivity contribution in [3.8, 4) is 5.75 Å². The Bertz CT molecular complexity index is 495. The summed E-state index contributed by atoms with van der Waals surface area (Å²) in [6.45, 7) is 3.07. The Labute approximate surface area is 179 Å². The molecule has 0 amide bonds. The first-order valence-electron chi connectivity index (χ1n) is 12.0. The van der Waals surface area contributed by atoms with Crippen molar-refractivity contribution >= 4 is 5.97 Å². The average Bonchev–Trinajstić information content (AvgIpc) is 2.75. The van der Waals surface area contributed by atoms with Crippen LogP contribution < -0.4 is 4.74 Å². The van der Waals surface area contributed by atoms with Crippen LogP contribution in [0.25, 0.3) is 0 Å². The minimum Gasteiger partial charge on any atom is -0.494 e. The highest BCUT2D eigenvalue weighted by molar-refractivity contribution is 5.69. The molecular weight excluding hydrogens is 360 g/mol. The summed E-state index contributed by atoms with van der Waals surface area (Å²) >= 11 is 0. The topological polar surface area (TPSA) is 35.5 Å². The van der Waals surface area contributed by atoms with Gasteiger partial charge in [0.05, 0.1) is 13.7 Å². The van der Waals surface area contributed by atoms with Gasteiger partial charge in [-0.1, -0.05) is 103 Å². The molecule has 3 nitrogen and oxygen atoms in total. The monoisotopic (exact) mass is 404 g/mol. The van der Waals surface area contributed by atoms with Crippen molar-refractivity contribution in [2.75, 3.05) is 13.7 Å². The quantitative estimate of drug-likeness (QED) is 0.175. The summed E-state index contributed by atoms with van der Waals surface area (Å²) in [5.41, 5.74) is 1.14. The van der Waals surface area contributed by atoms with Crippen molar-refractivity contribution in [1.29, 1.82) is 0 Å². The molecule has 0 fully saturated rings. The molecular formula is C26H44O3. The fraction of sp³-hybridized carbons (Fsp3) is 0.731. The van der Waals surface area contributed by atoms with Gasteiger partial charge in [-0.15, -0.1) is 0 Å². The normalized spacial score (nSPS) is 10.8. The molecule has 0 saturated carbocycles. The zero-order valence-electron chi connectivity index (χ0n) is 19.1. The average molecular weight is 405 g/mol. The lowest BCUT2D eigenvalue weighted by Gasteiger charge is -2.07. The van der Waals surface area contributed by atoms with Gasteiger partial charge >= 0.3 is 5.97 Å². The summed E-state index contributed by atoms with van der Waals surface area (Å²) < 4.78 is 10.5. The Hall–Kier alpha value is -1.51. The minimum absolute atomic E-state index is 0.164. The zero-order chi connectivity index (χ0) is 21.0. The highest BCUT2D eigenvalue weighted by atomic mass is 16.5. The van der Waals surface area contributed by atoms with Gasteiger partial charge in [0.1, 0.15) is 5.75 Å². The number of unbranched alkanes of at least 4 members (excludes halogenated alkanes) is 13. The first-order chi connectivity index (χ1) is 14.3. The fourth-order valence-electron chi connectivity index (χ4n) is 3.59. The Balaban J connectivity index is 1.88. The van der Waals surface area contributed by atoms with Gasteiger partial charge in [-0.05, 0) is 30.5 Å². The molecule has 0 aliphatic carbocycles. The number of benzene rings is 1. The minimum atomic E-state index is -0.164. The SMILES string of the molecule is CCCCCCCCCCCCCCCCOc1ccc(CCC(=O)OC)cc1. The predicted octanol–water partition coefficient (Wildman–Crippen LogP) is 7.65. The zero-order valence-corrected chi connectivity index (χ0v) is 19.1. The molecule has 0 aliphatic rings. The number of esters is 1. The number of hydrogen-bond acceptors (Lipinski definition) is 3. The lowest BCUT2D eigenvalue weighted by atomic mass is 10.0. The maximum absolute atomic E-state index is 11.2. The van der Waals surface area contributed by atoms with E-state index in [2.05, 4.69) is 11.7 Å². The van der Waals surface area contributed by atoms with Crippen LogP contribution in [0.4, 0.5) is 0 Å². The molecule has 0 unspecified atom stereocenters.